The van der Waals surface area contributed by atoms with Gasteiger partial charge in [-0.05, 0) is 137 Å². The molecule has 1 atom stereocenters. The number of nitrogens with zero attached hydrogens (tertiary/aromatic N) is 7. The maximum Gasteiger partial charge on any atom is 0.418 e. The van der Waals surface area contributed by atoms with E-state index in [4.69, 9.17) is 20.3 Å². The number of halogens is 3. The van der Waals surface area contributed by atoms with E-state index in [1.165, 1.54) is 33.5 Å². The molecule has 3 N–H and O–H groups in total. The first-order chi connectivity index (χ1) is 36.9. The summed E-state index contributed by atoms with van der Waals surface area (Å²) < 4.78 is 50.7. The number of piperidine rings is 2. The first kappa shape index (κ1) is 59.4. The van der Waals surface area contributed by atoms with Gasteiger partial charge < -0.3 is 29.5 Å². The first-order valence-electron chi connectivity index (χ1n) is 26.3. The number of imidazole rings is 1. The molecule has 1 unspecified atom stereocenters. The van der Waals surface area contributed by atoms with Gasteiger partial charge in [0, 0.05) is 87.9 Å². The second-order valence-electron chi connectivity index (χ2n) is 20.8. The van der Waals surface area contributed by atoms with Crippen LogP contribution in [-0.2, 0) is 39.0 Å². The maximum absolute atomic E-state index is 14.3. The Morgan fingerprint density at radius 2 is 1.57 bits per heavy atom. The fraction of sp³-hybridized carbons (Fsp3) is 0.466. The molecule has 0 bridgehead atoms. The van der Waals surface area contributed by atoms with Gasteiger partial charge in [0.2, 0.25) is 6.41 Å². The number of amides is 1. The highest BCUT2D eigenvalue weighted by molar-refractivity contribution is 5.89. The quantitative estimate of drug-likeness (QED) is 0.0392. The fourth-order valence-corrected chi connectivity index (χ4v) is 10.5. The number of ether oxygens (including phenoxy) is 1. The van der Waals surface area contributed by atoms with Crippen molar-refractivity contribution in [3.63, 3.8) is 0 Å². The van der Waals surface area contributed by atoms with Crippen LogP contribution in [0.4, 0.5) is 18.9 Å². The van der Waals surface area contributed by atoms with E-state index in [1.807, 2.05) is 56.4 Å². The molecular formula is C58H75F3N10O6. The Kier molecular flexibility index (Phi) is 21.2. The predicted molar refractivity (Wildman–Crippen MR) is 295 cm³/mol. The number of alkyl halides is 3. The number of fused-ring (bicyclic) bond motifs is 1. The number of benzene rings is 3. The number of nitrogens with one attached hydrogen (secondary N) is 3. The number of carbonyl (C=O) groups excluding carboxylic acids is 4. The summed E-state index contributed by atoms with van der Waals surface area (Å²) in [5.74, 6) is 1.32. The van der Waals surface area contributed by atoms with Crippen molar-refractivity contribution in [1.82, 2.24) is 33.9 Å². The summed E-state index contributed by atoms with van der Waals surface area (Å²) in [6.45, 7) is 8.23. The Hall–Kier alpha value is -6.80. The van der Waals surface area contributed by atoms with Crippen molar-refractivity contribution in [3.8, 4) is 5.69 Å². The zero-order chi connectivity index (χ0) is 55.9. The molecule has 0 aliphatic carbocycles. The van der Waals surface area contributed by atoms with Crippen LogP contribution in [-0.4, -0.2) is 153 Å². The lowest BCUT2D eigenvalue weighted by atomic mass is 9.75. The van der Waals surface area contributed by atoms with Gasteiger partial charge in [0.05, 0.1) is 42.4 Å². The Labute approximate surface area is 449 Å². The first-order valence-corrected chi connectivity index (χ1v) is 26.3. The summed E-state index contributed by atoms with van der Waals surface area (Å²) in [5, 5.41) is 18.0. The van der Waals surface area contributed by atoms with Crippen LogP contribution in [0, 0.1) is 16.7 Å². The van der Waals surface area contributed by atoms with E-state index in [1.54, 1.807) is 32.3 Å². The van der Waals surface area contributed by atoms with Crippen molar-refractivity contribution < 1.29 is 37.1 Å². The lowest BCUT2D eigenvalue weighted by Crippen LogP contribution is -2.49. The number of likely N-dealkylation sites (tertiary alicyclic amines) is 1. The van der Waals surface area contributed by atoms with Crippen LogP contribution >= 0.6 is 0 Å². The van der Waals surface area contributed by atoms with E-state index in [-0.39, 0.29) is 17.4 Å². The predicted octanol–water partition coefficient (Wildman–Crippen LogP) is 7.91. The molecule has 3 aromatic carbocycles. The third-order valence-corrected chi connectivity index (χ3v) is 15.0. The molecule has 2 aromatic heterocycles. The van der Waals surface area contributed by atoms with Gasteiger partial charge in [-0.1, -0.05) is 49.7 Å². The number of hydrogen-bond acceptors (Lipinski definition) is 12. The highest BCUT2D eigenvalue weighted by atomic mass is 19.4. The van der Waals surface area contributed by atoms with E-state index in [0.29, 0.717) is 73.3 Å². The zero-order valence-electron chi connectivity index (χ0n) is 45.2. The molecular weight excluding hydrogens is 990 g/mol. The average Bonchev–Trinajstić information content (AvgIpc) is 3.82. The number of amidine groups is 1. The molecule has 3 aliphatic heterocycles. The van der Waals surface area contributed by atoms with Gasteiger partial charge in [-0.2, -0.15) is 13.2 Å². The molecule has 16 nitrogen and oxygen atoms in total. The van der Waals surface area contributed by atoms with E-state index in [0.717, 1.165) is 118 Å². The third kappa shape index (κ3) is 15.2. The van der Waals surface area contributed by atoms with Crippen LogP contribution in [0.1, 0.15) is 106 Å². The molecule has 5 aromatic rings. The summed E-state index contributed by atoms with van der Waals surface area (Å²) in [4.78, 5) is 66.7. The van der Waals surface area contributed by atoms with Gasteiger partial charge in [-0.25, -0.2) is 4.79 Å². The number of likely N-dealkylation sites (N-methyl/N-ethyl adjacent to an activating group) is 1. The molecule has 0 radical (unpaired) electrons. The van der Waals surface area contributed by atoms with Crippen LogP contribution in [0.15, 0.2) is 90.0 Å². The average molecular weight is 1070 g/mol. The van der Waals surface area contributed by atoms with Gasteiger partial charge in [0.25, 0.3) is 0 Å². The van der Waals surface area contributed by atoms with Crippen LogP contribution < -0.4 is 15.9 Å². The third-order valence-electron chi connectivity index (χ3n) is 15.0. The maximum atomic E-state index is 14.3. The van der Waals surface area contributed by atoms with Crippen molar-refractivity contribution in [2.75, 3.05) is 86.1 Å². The molecule has 1 amide bonds. The fourth-order valence-electron chi connectivity index (χ4n) is 10.5. The Balaban J connectivity index is 0.000000243. The largest absolute Gasteiger partial charge is 0.418 e. The smallest absolute Gasteiger partial charge is 0.379 e. The van der Waals surface area contributed by atoms with Crippen molar-refractivity contribution in [2.45, 2.75) is 88.5 Å². The topological polar surface area (TPSA) is 180 Å². The highest BCUT2D eigenvalue weighted by Gasteiger charge is 2.42. The summed E-state index contributed by atoms with van der Waals surface area (Å²) in [7, 11) is 9.23. The minimum atomic E-state index is -4.63. The molecule has 3 fully saturated rings. The standard InChI is InChI=1S/C30H38F3N7O2.C26H32N2O3.C2H5NO/c1-36(2)14-21-7-9-38(10-8-21)15-22-11-25(30(31,32)33)26-17-39(28(41)40(26)16-22)24-6-4-5-23(12-24)29(18-42-19-29)13-27(35)37(3)20-34;1-3-4-26(19-31)27(2)16-24-15-25(10-9-23(24)18-30)28-13-11-22(12-14-28)21-7-5-20(17-29)6-8-21;1-3-2-4/h4-6,11-12,16-17,20-21,34-35H,7-10,13-15,18-19H2,1-3H3;5-10,15,17-19,22,26H,3-4,11-14,16H2,1-2H3;2H,1H3,(H,3,4). The van der Waals surface area contributed by atoms with Gasteiger partial charge in [0.15, 0.2) is 0 Å². The number of carbonyl (C=O) groups is 4. The lowest BCUT2D eigenvalue weighted by Gasteiger charge is -2.42. The van der Waals surface area contributed by atoms with E-state index in [2.05, 4.69) is 45.1 Å². The minimum absolute atomic E-state index is 0.130. The number of hydrogen-bond donors (Lipinski definition) is 3. The number of pyridine rings is 1. The Bertz CT molecular complexity index is 2850. The lowest BCUT2D eigenvalue weighted by molar-refractivity contribution is -0.136. The Morgan fingerprint density at radius 3 is 2.13 bits per heavy atom. The minimum Gasteiger partial charge on any atom is -0.379 e. The summed E-state index contributed by atoms with van der Waals surface area (Å²) in [6, 6.07) is 22.1. The normalized spacial score (nSPS) is 16.3. The summed E-state index contributed by atoms with van der Waals surface area (Å²) >= 11 is 0. The molecule has 8 rings (SSSR count). The van der Waals surface area contributed by atoms with Crippen LogP contribution in [0.2, 0.25) is 0 Å². The van der Waals surface area contributed by atoms with Crippen LogP contribution in [0.25, 0.3) is 11.2 Å². The molecule has 0 saturated carbocycles. The van der Waals surface area contributed by atoms with Gasteiger partial charge in [0.1, 0.15) is 24.7 Å². The van der Waals surface area contributed by atoms with E-state index < -0.39 is 22.8 Å². The van der Waals surface area contributed by atoms with E-state index >= 15 is 0 Å². The second-order valence-corrected chi connectivity index (χ2v) is 20.8. The molecule has 77 heavy (non-hydrogen) atoms. The summed E-state index contributed by atoms with van der Waals surface area (Å²) in [5.41, 5.74) is 4.38. The number of aromatic nitrogens is 2. The van der Waals surface area contributed by atoms with Crippen LogP contribution in [0.5, 0.6) is 0 Å². The van der Waals surface area contributed by atoms with Gasteiger partial charge in [-0.15, -0.1) is 0 Å². The molecule has 3 saturated heterocycles. The SMILES string of the molecule is CCCC(C=O)N(C)Cc1cc(N2CCC(c3ccc(C=O)cc3)CC2)ccc1C=O.CN(C)CC1CCN(Cc2cc(C(F)(F)F)c3cn(-c4cccc(C5(CC(=N)N(C)C=N)COC5)c4)c(=O)n3c2)CC1.CNC=O. The number of anilines is 1. The highest BCUT2D eigenvalue weighted by Crippen LogP contribution is 2.38. The molecule has 0 spiro atoms. The number of aldehydes is 3. The number of rotatable bonds is 20. The van der Waals surface area contributed by atoms with Crippen LogP contribution in [0.3, 0.4) is 0 Å². The second kappa shape index (κ2) is 27.5. The Morgan fingerprint density at radius 1 is 0.883 bits per heavy atom. The molecule has 414 valence electrons. The van der Waals surface area contributed by atoms with Gasteiger partial charge >= 0.3 is 11.9 Å². The summed E-state index contributed by atoms with van der Waals surface area (Å²) in [6.07, 6.45) is 8.80. The van der Waals surface area contributed by atoms with Gasteiger partial charge in [-0.3, -0.25) is 44.0 Å². The molecule has 3 aliphatic rings. The molecule has 19 heteroatoms. The monoisotopic (exact) mass is 1060 g/mol. The molecule has 5 heterocycles. The van der Waals surface area contributed by atoms with Crippen molar-refractivity contribution in [1.29, 1.82) is 10.8 Å². The zero-order valence-corrected chi connectivity index (χ0v) is 45.2. The van der Waals surface area contributed by atoms with Crippen molar-refractivity contribution in [3.05, 3.63) is 135 Å². The van der Waals surface area contributed by atoms with Crippen molar-refractivity contribution >= 4 is 48.6 Å². The van der Waals surface area contributed by atoms with E-state index in [9.17, 15) is 32.3 Å². The van der Waals surface area contributed by atoms with Crippen molar-refractivity contribution in [2.24, 2.45) is 5.92 Å².